The molecule has 100 valence electrons. The molecule has 1 aromatic heterocycles. The first kappa shape index (κ1) is 12.6. The summed E-state index contributed by atoms with van der Waals surface area (Å²) < 4.78 is 5.62. The molecule has 0 atom stereocenters. The molecule has 0 unspecified atom stereocenters. The zero-order valence-electron chi connectivity index (χ0n) is 10.6. The van der Waals surface area contributed by atoms with Gasteiger partial charge in [0.15, 0.2) is 0 Å². The fourth-order valence-corrected chi connectivity index (χ4v) is 2.17. The standard InChI is InChI=1S/C14H16ClN3O/c15-11-3-1-2-10(8-11)9-14-18-17-13(19-14)6-7-16-12-4-5-12/h1-3,8,12,16H,4-7,9H2. The number of nitrogens with one attached hydrogen (secondary N) is 1. The highest BCUT2D eigenvalue weighted by Crippen LogP contribution is 2.18. The average molecular weight is 278 g/mol. The fraction of sp³-hybridized carbons (Fsp3) is 0.429. The van der Waals surface area contributed by atoms with Crippen molar-refractivity contribution < 1.29 is 4.42 Å². The average Bonchev–Trinajstić information content (AvgIpc) is 3.10. The lowest BCUT2D eigenvalue weighted by Gasteiger charge is -1.98. The Morgan fingerprint density at radius 1 is 1.26 bits per heavy atom. The summed E-state index contributed by atoms with van der Waals surface area (Å²) in [7, 11) is 0. The minimum atomic E-state index is 0.629. The highest BCUT2D eigenvalue weighted by atomic mass is 35.5. The summed E-state index contributed by atoms with van der Waals surface area (Å²) in [6.45, 7) is 0.906. The van der Waals surface area contributed by atoms with Crippen LogP contribution in [0.2, 0.25) is 5.02 Å². The van der Waals surface area contributed by atoms with Crippen molar-refractivity contribution in [3.05, 3.63) is 46.6 Å². The highest BCUT2D eigenvalue weighted by molar-refractivity contribution is 6.30. The van der Waals surface area contributed by atoms with Crippen molar-refractivity contribution in [2.75, 3.05) is 6.54 Å². The molecule has 19 heavy (non-hydrogen) atoms. The van der Waals surface area contributed by atoms with Crippen molar-refractivity contribution in [1.82, 2.24) is 15.5 Å². The van der Waals surface area contributed by atoms with E-state index in [0.717, 1.165) is 23.6 Å². The first-order valence-corrected chi connectivity index (χ1v) is 6.96. The molecule has 1 aliphatic carbocycles. The van der Waals surface area contributed by atoms with E-state index in [2.05, 4.69) is 15.5 Å². The molecule has 1 heterocycles. The zero-order chi connectivity index (χ0) is 13.1. The van der Waals surface area contributed by atoms with Gasteiger partial charge in [0.25, 0.3) is 0 Å². The summed E-state index contributed by atoms with van der Waals surface area (Å²) in [5, 5.41) is 12.3. The summed E-state index contributed by atoms with van der Waals surface area (Å²) >= 11 is 5.95. The summed E-state index contributed by atoms with van der Waals surface area (Å²) in [6.07, 6.45) is 4.01. The lowest BCUT2D eigenvalue weighted by Crippen LogP contribution is -2.19. The molecule has 1 fully saturated rings. The minimum Gasteiger partial charge on any atom is -0.425 e. The van der Waals surface area contributed by atoms with E-state index in [-0.39, 0.29) is 0 Å². The van der Waals surface area contributed by atoms with E-state index in [1.165, 1.54) is 12.8 Å². The molecule has 0 amide bonds. The van der Waals surface area contributed by atoms with Crippen LogP contribution < -0.4 is 5.32 Å². The molecule has 0 spiro atoms. The lowest BCUT2D eigenvalue weighted by atomic mass is 10.1. The highest BCUT2D eigenvalue weighted by Gasteiger charge is 2.20. The number of rotatable bonds is 6. The Morgan fingerprint density at radius 2 is 2.11 bits per heavy atom. The quantitative estimate of drug-likeness (QED) is 0.882. The monoisotopic (exact) mass is 277 g/mol. The van der Waals surface area contributed by atoms with E-state index < -0.39 is 0 Å². The van der Waals surface area contributed by atoms with Crippen LogP contribution in [0.15, 0.2) is 28.7 Å². The van der Waals surface area contributed by atoms with E-state index in [1.54, 1.807) is 0 Å². The van der Waals surface area contributed by atoms with Crippen LogP contribution in [0.4, 0.5) is 0 Å². The second kappa shape index (κ2) is 5.72. The number of halogens is 1. The van der Waals surface area contributed by atoms with Gasteiger partial charge in [-0.25, -0.2) is 0 Å². The van der Waals surface area contributed by atoms with Crippen molar-refractivity contribution in [2.45, 2.75) is 31.7 Å². The summed E-state index contributed by atoms with van der Waals surface area (Å²) in [5.74, 6) is 1.34. The van der Waals surface area contributed by atoms with E-state index in [0.29, 0.717) is 24.2 Å². The Kier molecular flexibility index (Phi) is 3.80. The van der Waals surface area contributed by atoms with Gasteiger partial charge < -0.3 is 9.73 Å². The number of benzene rings is 1. The van der Waals surface area contributed by atoms with Crippen LogP contribution in [0, 0.1) is 0 Å². The molecule has 2 aromatic rings. The van der Waals surface area contributed by atoms with Gasteiger partial charge in [-0.2, -0.15) is 0 Å². The normalized spacial score (nSPS) is 14.8. The van der Waals surface area contributed by atoms with Gasteiger partial charge in [0.05, 0.1) is 6.42 Å². The number of hydrogen-bond donors (Lipinski definition) is 1. The van der Waals surface area contributed by atoms with Gasteiger partial charge in [-0.3, -0.25) is 0 Å². The third-order valence-electron chi connectivity index (χ3n) is 3.10. The van der Waals surface area contributed by atoms with Crippen LogP contribution >= 0.6 is 11.6 Å². The summed E-state index contributed by atoms with van der Waals surface area (Å²) in [5.41, 5.74) is 1.08. The molecule has 1 aromatic carbocycles. The molecule has 0 radical (unpaired) electrons. The molecule has 1 saturated carbocycles. The fourth-order valence-electron chi connectivity index (χ4n) is 1.95. The van der Waals surface area contributed by atoms with Crippen LogP contribution in [-0.2, 0) is 12.8 Å². The van der Waals surface area contributed by atoms with Gasteiger partial charge in [-0.05, 0) is 30.5 Å². The van der Waals surface area contributed by atoms with Crippen molar-refractivity contribution >= 4 is 11.6 Å². The predicted molar refractivity (Wildman–Crippen MR) is 73.3 cm³/mol. The Hall–Kier alpha value is -1.39. The Bertz CT molecular complexity index is 551. The van der Waals surface area contributed by atoms with Gasteiger partial charge in [0, 0.05) is 24.0 Å². The van der Waals surface area contributed by atoms with Crippen molar-refractivity contribution in [2.24, 2.45) is 0 Å². The van der Waals surface area contributed by atoms with E-state index >= 15 is 0 Å². The molecule has 0 bridgehead atoms. The first-order valence-electron chi connectivity index (χ1n) is 6.59. The lowest BCUT2D eigenvalue weighted by molar-refractivity contribution is 0.451. The molecule has 1 aliphatic rings. The van der Waals surface area contributed by atoms with Crippen LogP contribution in [0.1, 0.15) is 30.2 Å². The second-order valence-corrected chi connectivity index (χ2v) is 5.31. The number of aromatic nitrogens is 2. The molecule has 0 aliphatic heterocycles. The molecular formula is C14H16ClN3O. The van der Waals surface area contributed by atoms with Crippen LogP contribution in [-0.4, -0.2) is 22.8 Å². The van der Waals surface area contributed by atoms with E-state index in [1.807, 2.05) is 24.3 Å². The van der Waals surface area contributed by atoms with E-state index in [9.17, 15) is 0 Å². The Labute approximate surface area is 117 Å². The smallest absolute Gasteiger partial charge is 0.220 e. The molecule has 3 rings (SSSR count). The molecule has 1 N–H and O–H groups in total. The zero-order valence-corrected chi connectivity index (χ0v) is 11.4. The van der Waals surface area contributed by atoms with Crippen LogP contribution in [0.25, 0.3) is 0 Å². The van der Waals surface area contributed by atoms with Gasteiger partial charge in [0.2, 0.25) is 11.8 Å². The maximum atomic E-state index is 5.95. The topological polar surface area (TPSA) is 51.0 Å². The largest absolute Gasteiger partial charge is 0.425 e. The number of nitrogens with zero attached hydrogens (tertiary/aromatic N) is 2. The van der Waals surface area contributed by atoms with Crippen LogP contribution in [0.5, 0.6) is 0 Å². The van der Waals surface area contributed by atoms with Gasteiger partial charge in [0.1, 0.15) is 0 Å². The maximum Gasteiger partial charge on any atom is 0.220 e. The van der Waals surface area contributed by atoms with E-state index in [4.69, 9.17) is 16.0 Å². The van der Waals surface area contributed by atoms with Gasteiger partial charge in [-0.15, -0.1) is 10.2 Å². The maximum absolute atomic E-state index is 5.95. The molecule has 5 heteroatoms. The molecule has 0 saturated heterocycles. The molecule has 4 nitrogen and oxygen atoms in total. The van der Waals surface area contributed by atoms with Crippen LogP contribution in [0.3, 0.4) is 0 Å². The first-order chi connectivity index (χ1) is 9.29. The SMILES string of the molecule is Clc1cccc(Cc2nnc(CCNC3CC3)o2)c1. The minimum absolute atomic E-state index is 0.629. The third-order valence-corrected chi connectivity index (χ3v) is 3.34. The second-order valence-electron chi connectivity index (χ2n) is 4.87. The van der Waals surface area contributed by atoms with Crippen molar-refractivity contribution in [3.8, 4) is 0 Å². The van der Waals surface area contributed by atoms with Crippen molar-refractivity contribution in [1.29, 1.82) is 0 Å². The number of hydrogen-bond acceptors (Lipinski definition) is 4. The third kappa shape index (κ3) is 3.78. The van der Waals surface area contributed by atoms with Gasteiger partial charge in [-0.1, -0.05) is 23.7 Å². The predicted octanol–water partition coefficient (Wildman–Crippen LogP) is 2.61. The summed E-state index contributed by atoms with van der Waals surface area (Å²) in [6, 6.07) is 8.42. The van der Waals surface area contributed by atoms with Crippen molar-refractivity contribution in [3.63, 3.8) is 0 Å². The Balaban J connectivity index is 1.54. The summed E-state index contributed by atoms with van der Waals surface area (Å²) in [4.78, 5) is 0. The Morgan fingerprint density at radius 3 is 2.89 bits per heavy atom. The molecular weight excluding hydrogens is 262 g/mol. The van der Waals surface area contributed by atoms with Gasteiger partial charge >= 0.3 is 0 Å².